The number of methoxy groups -OCH3 is 1. The molecule has 2 amide bonds. The Kier molecular flexibility index (Phi) is 1.67. The van der Waals surface area contributed by atoms with Crippen LogP contribution in [0, 0.1) is 5.92 Å². The molecule has 0 spiro atoms. The molecule has 82 valence electrons. The summed E-state index contributed by atoms with van der Waals surface area (Å²) < 4.78 is 5.06. The molecule has 0 bridgehead atoms. The normalized spacial score (nSPS) is 30.9. The van der Waals surface area contributed by atoms with Crippen molar-refractivity contribution in [2.24, 2.45) is 5.92 Å². The Morgan fingerprint density at radius 2 is 2.00 bits per heavy atom. The molecular weight excluding hydrogens is 206 g/mol. The zero-order chi connectivity index (χ0) is 11.3. The molecular formula is C12H11NO3. The number of fused-ring (bicyclic) bond motifs is 1. The van der Waals surface area contributed by atoms with Crippen molar-refractivity contribution in [3.63, 3.8) is 0 Å². The number of amides is 2. The first kappa shape index (κ1) is 9.39. The summed E-state index contributed by atoms with van der Waals surface area (Å²) in [7, 11) is 1.60. The number of carbonyl (C=O) groups excluding carboxylic acids is 2. The average molecular weight is 217 g/mol. The molecule has 1 N–H and O–H groups in total. The lowest BCUT2D eigenvalue weighted by atomic mass is 9.94. The third-order valence-electron chi connectivity index (χ3n) is 3.52. The van der Waals surface area contributed by atoms with Crippen LogP contribution >= 0.6 is 0 Å². The molecule has 2 fully saturated rings. The van der Waals surface area contributed by atoms with Gasteiger partial charge in [-0.15, -0.1) is 0 Å². The molecule has 1 saturated carbocycles. The van der Waals surface area contributed by atoms with Crippen LogP contribution < -0.4 is 10.1 Å². The Morgan fingerprint density at radius 1 is 1.31 bits per heavy atom. The lowest BCUT2D eigenvalue weighted by Crippen LogP contribution is -2.30. The number of nitrogens with one attached hydrogen (secondary N) is 1. The van der Waals surface area contributed by atoms with Gasteiger partial charge in [0.2, 0.25) is 11.8 Å². The van der Waals surface area contributed by atoms with Gasteiger partial charge >= 0.3 is 0 Å². The highest BCUT2D eigenvalue weighted by Crippen LogP contribution is 2.57. The van der Waals surface area contributed by atoms with Gasteiger partial charge in [0, 0.05) is 0 Å². The fourth-order valence-electron chi connectivity index (χ4n) is 2.48. The highest BCUT2D eigenvalue weighted by atomic mass is 16.5. The van der Waals surface area contributed by atoms with E-state index in [2.05, 4.69) is 5.32 Å². The Labute approximate surface area is 92.6 Å². The molecule has 3 rings (SSSR count). The zero-order valence-electron chi connectivity index (χ0n) is 8.82. The van der Waals surface area contributed by atoms with Gasteiger partial charge in [-0.05, 0) is 24.1 Å². The van der Waals surface area contributed by atoms with E-state index in [1.165, 1.54) is 0 Å². The van der Waals surface area contributed by atoms with Crippen molar-refractivity contribution in [3.8, 4) is 5.75 Å². The summed E-state index contributed by atoms with van der Waals surface area (Å²) in [6.45, 7) is 0. The van der Waals surface area contributed by atoms with Crippen LogP contribution in [0.1, 0.15) is 12.0 Å². The van der Waals surface area contributed by atoms with E-state index in [0.717, 1.165) is 11.3 Å². The van der Waals surface area contributed by atoms with Crippen LogP contribution in [0.5, 0.6) is 5.75 Å². The SMILES string of the molecule is COc1ccc([C@@]23C[C@H]2C(=O)NC3=O)cc1. The molecule has 0 unspecified atom stereocenters. The van der Waals surface area contributed by atoms with E-state index >= 15 is 0 Å². The lowest BCUT2D eigenvalue weighted by Gasteiger charge is -2.10. The smallest absolute Gasteiger partial charge is 0.238 e. The summed E-state index contributed by atoms with van der Waals surface area (Å²) >= 11 is 0. The maximum absolute atomic E-state index is 11.7. The van der Waals surface area contributed by atoms with Crippen molar-refractivity contribution < 1.29 is 14.3 Å². The summed E-state index contributed by atoms with van der Waals surface area (Å²) in [5.74, 6) is 0.295. The number of carbonyl (C=O) groups is 2. The summed E-state index contributed by atoms with van der Waals surface area (Å²) in [5, 5.41) is 2.38. The molecule has 16 heavy (non-hydrogen) atoms. The predicted molar refractivity (Wildman–Crippen MR) is 55.9 cm³/mol. The van der Waals surface area contributed by atoms with Crippen molar-refractivity contribution in [1.82, 2.24) is 5.32 Å². The highest BCUT2D eigenvalue weighted by molar-refractivity contribution is 6.15. The second kappa shape index (κ2) is 2.84. The molecule has 1 aliphatic carbocycles. The summed E-state index contributed by atoms with van der Waals surface area (Å²) in [5.41, 5.74) is 0.324. The topological polar surface area (TPSA) is 55.4 Å². The van der Waals surface area contributed by atoms with Crippen LogP contribution in [0.4, 0.5) is 0 Å². The van der Waals surface area contributed by atoms with Crippen LogP contribution in [0.25, 0.3) is 0 Å². The first-order valence-corrected chi connectivity index (χ1v) is 5.18. The Morgan fingerprint density at radius 3 is 2.44 bits per heavy atom. The van der Waals surface area contributed by atoms with Gasteiger partial charge in [-0.1, -0.05) is 12.1 Å². The van der Waals surface area contributed by atoms with Gasteiger partial charge in [0.1, 0.15) is 5.75 Å². The number of hydrogen-bond acceptors (Lipinski definition) is 3. The lowest BCUT2D eigenvalue weighted by molar-refractivity contribution is -0.127. The van der Waals surface area contributed by atoms with Crippen molar-refractivity contribution in [1.29, 1.82) is 0 Å². The Hall–Kier alpha value is -1.84. The van der Waals surface area contributed by atoms with Crippen molar-refractivity contribution in [2.75, 3.05) is 7.11 Å². The average Bonchev–Trinajstić information content (AvgIpc) is 3.00. The van der Waals surface area contributed by atoms with E-state index in [0.29, 0.717) is 6.42 Å². The fraction of sp³-hybridized carbons (Fsp3) is 0.333. The van der Waals surface area contributed by atoms with E-state index in [4.69, 9.17) is 4.74 Å². The number of piperidine rings is 1. The first-order valence-electron chi connectivity index (χ1n) is 5.18. The van der Waals surface area contributed by atoms with E-state index in [1.54, 1.807) is 7.11 Å². The first-order chi connectivity index (χ1) is 7.68. The monoisotopic (exact) mass is 217 g/mol. The predicted octanol–water partition coefficient (Wildman–Crippen LogP) is 0.609. The second-order valence-corrected chi connectivity index (χ2v) is 4.27. The Bertz CT molecular complexity index is 480. The number of rotatable bonds is 2. The fourth-order valence-corrected chi connectivity index (χ4v) is 2.48. The van der Waals surface area contributed by atoms with E-state index in [-0.39, 0.29) is 17.7 Å². The molecule has 2 aliphatic rings. The van der Waals surface area contributed by atoms with E-state index in [1.807, 2.05) is 24.3 Å². The minimum Gasteiger partial charge on any atom is -0.497 e. The summed E-state index contributed by atoms with van der Waals surface area (Å²) in [4.78, 5) is 23.1. The number of benzene rings is 1. The van der Waals surface area contributed by atoms with Gasteiger partial charge in [0.25, 0.3) is 0 Å². The molecule has 1 aliphatic heterocycles. The van der Waals surface area contributed by atoms with Gasteiger partial charge < -0.3 is 4.74 Å². The maximum atomic E-state index is 11.7. The molecule has 4 heteroatoms. The third kappa shape index (κ3) is 0.988. The molecule has 1 aromatic carbocycles. The van der Waals surface area contributed by atoms with Crippen LogP contribution in [0.15, 0.2) is 24.3 Å². The van der Waals surface area contributed by atoms with E-state index in [9.17, 15) is 9.59 Å². The van der Waals surface area contributed by atoms with Gasteiger partial charge in [0.05, 0.1) is 18.4 Å². The van der Waals surface area contributed by atoms with Gasteiger partial charge in [-0.3, -0.25) is 14.9 Å². The highest BCUT2D eigenvalue weighted by Gasteiger charge is 2.69. The molecule has 1 aromatic rings. The van der Waals surface area contributed by atoms with Crippen LogP contribution in [0.3, 0.4) is 0 Å². The molecule has 4 nitrogen and oxygen atoms in total. The standard InChI is InChI=1S/C12H11NO3/c1-16-8-4-2-7(3-5-8)12-6-9(12)10(14)13-11(12)15/h2-5,9H,6H2,1H3,(H,13,14,15)/t9-,12-/m0/s1. The minimum atomic E-state index is -0.580. The van der Waals surface area contributed by atoms with Crippen molar-refractivity contribution in [2.45, 2.75) is 11.8 Å². The van der Waals surface area contributed by atoms with E-state index < -0.39 is 5.41 Å². The van der Waals surface area contributed by atoms with Crippen LogP contribution in [-0.4, -0.2) is 18.9 Å². The maximum Gasteiger partial charge on any atom is 0.238 e. The minimum absolute atomic E-state index is 0.138. The number of hydrogen-bond donors (Lipinski definition) is 1. The molecule has 0 radical (unpaired) electrons. The number of imide groups is 1. The summed E-state index contributed by atoms with van der Waals surface area (Å²) in [6.07, 6.45) is 0.643. The molecule has 1 heterocycles. The summed E-state index contributed by atoms with van der Waals surface area (Å²) in [6, 6.07) is 7.35. The third-order valence-corrected chi connectivity index (χ3v) is 3.52. The van der Waals surface area contributed by atoms with Crippen molar-refractivity contribution in [3.05, 3.63) is 29.8 Å². The second-order valence-electron chi connectivity index (χ2n) is 4.27. The quantitative estimate of drug-likeness (QED) is 0.738. The zero-order valence-corrected chi connectivity index (χ0v) is 8.82. The Balaban J connectivity index is 1.99. The van der Waals surface area contributed by atoms with Crippen LogP contribution in [-0.2, 0) is 15.0 Å². The number of ether oxygens (including phenoxy) is 1. The van der Waals surface area contributed by atoms with Gasteiger partial charge in [-0.25, -0.2) is 0 Å². The molecule has 1 saturated heterocycles. The van der Waals surface area contributed by atoms with Crippen LogP contribution in [0.2, 0.25) is 0 Å². The van der Waals surface area contributed by atoms with Crippen molar-refractivity contribution >= 4 is 11.8 Å². The van der Waals surface area contributed by atoms with Gasteiger partial charge in [-0.2, -0.15) is 0 Å². The molecule has 2 atom stereocenters. The van der Waals surface area contributed by atoms with Gasteiger partial charge in [0.15, 0.2) is 0 Å². The largest absolute Gasteiger partial charge is 0.497 e. The molecule has 0 aromatic heterocycles.